The number of thiocarbonyl (C=S) groups is 1. The van der Waals surface area contributed by atoms with Gasteiger partial charge in [-0.25, -0.2) is 0 Å². The molecule has 1 aliphatic rings. The Balaban J connectivity index is 1.79. The van der Waals surface area contributed by atoms with E-state index in [1.807, 2.05) is 54.6 Å². The van der Waals surface area contributed by atoms with Gasteiger partial charge in [-0.1, -0.05) is 72.5 Å². The predicted molar refractivity (Wildman–Crippen MR) is 102 cm³/mol. The molecule has 0 radical (unpaired) electrons. The molecule has 1 amide bonds. The van der Waals surface area contributed by atoms with Crippen molar-refractivity contribution in [3.63, 3.8) is 0 Å². The summed E-state index contributed by atoms with van der Waals surface area (Å²) >= 11 is 6.15. The van der Waals surface area contributed by atoms with E-state index in [1.165, 1.54) is 0 Å². The van der Waals surface area contributed by atoms with E-state index in [0.717, 1.165) is 27.8 Å². The first-order valence-corrected chi connectivity index (χ1v) is 8.98. The van der Waals surface area contributed by atoms with Gasteiger partial charge < -0.3 is 14.6 Å². The van der Waals surface area contributed by atoms with Gasteiger partial charge in [-0.3, -0.25) is 9.69 Å². The van der Waals surface area contributed by atoms with E-state index >= 15 is 0 Å². The lowest BCUT2D eigenvalue weighted by atomic mass is 10.1. The molecule has 2 aromatic carbocycles. The molecule has 3 rings (SSSR count). The summed E-state index contributed by atoms with van der Waals surface area (Å²) in [4.78, 5) is 24.5. The van der Waals surface area contributed by atoms with Crippen LogP contribution in [0.2, 0.25) is 0 Å². The molecule has 1 saturated heterocycles. The van der Waals surface area contributed by atoms with E-state index in [0.29, 0.717) is 17.3 Å². The molecule has 2 aromatic rings. The lowest BCUT2D eigenvalue weighted by Crippen LogP contribution is -2.40. The van der Waals surface area contributed by atoms with Gasteiger partial charge in [0.25, 0.3) is 5.91 Å². The van der Waals surface area contributed by atoms with Crippen LogP contribution in [0.5, 0.6) is 5.75 Å². The normalized spacial score (nSPS) is 15.5. The fourth-order valence-electron chi connectivity index (χ4n) is 2.37. The molecule has 1 aliphatic heterocycles. The minimum Gasteiger partial charge on any atom is -0.548 e. The molecule has 1 fully saturated rings. The van der Waals surface area contributed by atoms with E-state index in [2.05, 4.69) is 0 Å². The van der Waals surface area contributed by atoms with E-state index in [1.54, 1.807) is 6.08 Å². The highest BCUT2D eigenvalue weighted by Gasteiger charge is 2.32. The lowest BCUT2D eigenvalue weighted by Gasteiger charge is -2.14. The molecule has 0 aromatic heterocycles. The predicted octanol–water partition coefficient (Wildman–Crippen LogP) is 2.22. The maximum Gasteiger partial charge on any atom is 0.266 e. The summed E-state index contributed by atoms with van der Waals surface area (Å²) in [6, 6.07) is 17.1. The van der Waals surface area contributed by atoms with Crippen molar-refractivity contribution in [2.75, 3.05) is 6.54 Å². The molecular weight excluding hydrogens is 370 g/mol. The van der Waals surface area contributed by atoms with Crippen LogP contribution in [0.25, 0.3) is 6.08 Å². The second-order valence-corrected chi connectivity index (χ2v) is 7.13. The lowest BCUT2D eigenvalue weighted by molar-refractivity contribution is -0.305. The first kappa shape index (κ1) is 18.2. The summed E-state index contributed by atoms with van der Waals surface area (Å²) in [5.41, 5.74) is 1.75. The molecule has 0 spiro atoms. The van der Waals surface area contributed by atoms with E-state index in [-0.39, 0.29) is 4.32 Å². The third-order valence-corrected chi connectivity index (χ3v) is 4.98. The summed E-state index contributed by atoms with van der Waals surface area (Å²) in [7, 11) is 0. The Hall–Kier alpha value is -2.64. The second-order valence-electron chi connectivity index (χ2n) is 5.45. The highest BCUT2D eigenvalue weighted by molar-refractivity contribution is 8.26. The maximum absolute atomic E-state index is 12.4. The zero-order valence-electron chi connectivity index (χ0n) is 13.6. The standard InChI is InChI=1S/C19H15NO4S2/c21-17(22)11-20-18(23)16(26-19(20)25)10-14-8-4-5-9-15(14)24-12-13-6-2-1-3-7-13/h1-10H,11-12H2,(H,21,22)/p-1/b16-10+. The Bertz CT molecular complexity index is 880. The average Bonchev–Trinajstić information content (AvgIpc) is 2.89. The Labute approximate surface area is 160 Å². The Morgan fingerprint density at radius 3 is 2.58 bits per heavy atom. The van der Waals surface area contributed by atoms with Crippen LogP contribution < -0.4 is 9.84 Å². The average molecular weight is 384 g/mol. The topological polar surface area (TPSA) is 69.7 Å². The summed E-state index contributed by atoms with van der Waals surface area (Å²) in [5, 5.41) is 10.8. The molecule has 0 saturated carbocycles. The first-order chi connectivity index (χ1) is 12.5. The number of amides is 1. The van der Waals surface area contributed by atoms with Crippen molar-refractivity contribution in [1.29, 1.82) is 0 Å². The number of carbonyl (C=O) groups excluding carboxylic acids is 2. The number of carboxylic acid groups (broad SMARTS) is 1. The van der Waals surface area contributed by atoms with Gasteiger partial charge in [0.15, 0.2) is 0 Å². The number of para-hydroxylation sites is 1. The van der Waals surface area contributed by atoms with E-state index < -0.39 is 18.4 Å². The van der Waals surface area contributed by atoms with Crippen LogP contribution in [0.15, 0.2) is 59.5 Å². The number of nitrogens with zero attached hydrogens (tertiary/aromatic N) is 1. The number of hydrogen-bond acceptors (Lipinski definition) is 6. The van der Waals surface area contributed by atoms with Crippen molar-refractivity contribution in [2.24, 2.45) is 0 Å². The van der Waals surface area contributed by atoms with Crippen LogP contribution in [0.1, 0.15) is 11.1 Å². The van der Waals surface area contributed by atoms with Crippen molar-refractivity contribution in [3.05, 3.63) is 70.6 Å². The monoisotopic (exact) mass is 384 g/mol. The van der Waals surface area contributed by atoms with Crippen molar-refractivity contribution in [3.8, 4) is 5.75 Å². The zero-order valence-corrected chi connectivity index (χ0v) is 15.2. The van der Waals surface area contributed by atoms with Gasteiger partial charge in [-0.15, -0.1) is 0 Å². The van der Waals surface area contributed by atoms with Crippen LogP contribution in [-0.2, 0) is 16.2 Å². The van der Waals surface area contributed by atoms with Gasteiger partial charge in [-0.05, 0) is 17.7 Å². The molecule has 0 unspecified atom stereocenters. The molecule has 0 N–H and O–H groups in total. The first-order valence-electron chi connectivity index (χ1n) is 7.75. The molecular formula is C19H14NO4S2-. The second kappa shape index (κ2) is 8.16. The molecule has 5 nitrogen and oxygen atoms in total. The number of carboxylic acids is 1. The van der Waals surface area contributed by atoms with Gasteiger partial charge in [0.2, 0.25) is 0 Å². The number of benzene rings is 2. The van der Waals surface area contributed by atoms with Crippen LogP contribution in [0, 0.1) is 0 Å². The number of thioether (sulfide) groups is 1. The number of ether oxygens (including phenoxy) is 1. The van der Waals surface area contributed by atoms with Crippen LogP contribution in [0.3, 0.4) is 0 Å². The molecule has 132 valence electrons. The summed E-state index contributed by atoms with van der Waals surface area (Å²) in [5.74, 6) is -1.17. The Kier molecular flexibility index (Phi) is 5.70. The van der Waals surface area contributed by atoms with Crippen molar-refractivity contribution in [1.82, 2.24) is 4.90 Å². The Morgan fingerprint density at radius 1 is 1.15 bits per heavy atom. The summed E-state index contributed by atoms with van der Waals surface area (Å²) in [6.07, 6.45) is 1.66. The van der Waals surface area contributed by atoms with Crippen molar-refractivity contribution >= 4 is 46.3 Å². The molecule has 7 heteroatoms. The van der Waals surface area contributed by atoms with Crippen LogP contribution in [-0.4, -0.2) is 27.6 Å². The smallest absolute Gasteiger partial charge is 0.266 e. The fourth-order valence-corrected chi connectivity index (χ4v) is 3.62. The molecule has 0 bridgehead atoms. The quantitative estimate of drug-likeness (QED) is 0.562. The SMILES string of the molecule is O=C([O-])CN1C(=O)/C(=C\c2ccccc2OCc2ccccc2)SC1=S. The minimum absolute atomic E-state index is 0.202. The van der Waals surface area contributed by atoms with Crippen LogP contribution in [0.4, 0.5) is 0 Å². The summed E-state index contributed by atoms with van der Waals surface area (Å²) < 4.78 is 6.07. The van der Waals surface area contributed by atoms with Crippen LogP contribution >= 0.6 is 24.0 Å². The number of rotatable bonds is 6. The van der Waals surface area contributed by atoms with Crippen molar-refractivity contribution in [2.45, 2.75) is 6.61 Å². The maximum atomic E-state index is 12.4. The van der Waals surface area contributed by atoms with Gasteiger partial charge in [0, 0.05) is 5.56 Å². The van der Waals surface area contributed by atoms with Gasteiger partial charge in [0.05, 0.1) is 17.4 Å². The molecule has 1 heterocycles. The van der Waals surface area contributed by atoms with E-state index in [4.69, 9.17) is 17.0 Å². The van der Waals surface area contributed by atoms with Gasteiger partial charge in [-0.2, -0.15) is 0 Å². The largest absolute Gasteiger partial charge is 0.548 e. The van der Waals surface area contributed by atoms with Gasteiger partial charge >= 0.3 is 0 Å². The number of hydrogen-bond donors (Lipinski definition) is 0. The Morgan fingerprint density at radius 2 is 1.85 bits per heavy atom. The fraction of sp³-hybridized carbons (Fsp3) is 0.105. The molecule has 0 aliphatic carbocycles. The highest BCUT2D eigenvalue weighted by atomic mass is 32.2. The van der Waals surface area contributed by atoms with Gasteiger partial charge in [0.1, 0.15) is 16.7 Å². The van der Waals surface area contributed by atoms with Crippen molar-refractivity contribution < 1.29 is 19.4 Å². The molecule has 26 heavy (non-hydrogen) atoms. The third-order valence-electron chi connectivity index (χ3n) is 3.60. The number of aliphatic carboxylic acids is 1. The minimum atomic E-state index is -1.35. The number of carbonyl (C=O) groups is 2. The highest BCUT2D eigenvalue weighted by Crippen LogP contribution is 2.34. The third kappa shape index (κ3) is 4.30. The molecule has 0 atom stereocenters. The summed E-state index contributed by atoms with van der Waals surface area (Å²) in [6.45, 7) is -0.147. The van der Waals surface area contributed by atoms with E-state index in [9.17, 15) is 14.7 Å². The zero-order chi connectivity index (χ0) is 18.5.